The molecule has 0 atom stereocenters. The summed E-state index contributed by atoms with van der Waals surface area (Å²) in [6.07, 6.45) is 0. The highest BCUT2D eigenvalue weighted by Gasteiger charge is 2.23. The Kier molecular flexibility index (Phi) is 2.78. The van der Waals surface area contributed by atoms with Crippen LogP contribution in [0.1, 0.15) is 48.0 Å². The molecule has 0 spiro atoms. The van der Waals surface area contributed by atoms with Gasteiger partial charge in [-0.25, -0.2) is 0 Å². The first-order valence-corrected chi connectivity index (χ1v) is 16.8. The van der Waals surface area contributed by atoms with Crippen molar-refractivity contribution in [3.8, 4) is 39.3 Å². The van der Waals surface area contributed by atoms with Gasteiger partial charge in [0, 0.05) is 49.3 Å². The quantitative estimate of drug-likeness (QED) is 0.166. The first-order chi connectivity index (χ1) is 42.9. The molecule has 0 saturated heterocycles. The summed E-state index contributed by atoms with van der Waals surface area (Å²) in [5, 5.41) is -4.40. The van der Waals surface area contributed by atoms with Gasteiger partial charge in [0.05, 0.1) is 86.8 Å². The van der Waals surface area contributed by atoms with Gasteiger partial charge in [0.2, 0.25) is 0 Å². The van der Waals surface area contributed by atoms with Crippen molar-refractivity contribution >= 4 is 65.4 Å². The van der Waals surface area contributed by atoms with Gasteiger partial charge >= 0.3 is 0 Å². The molecule has 57 heavy (non-hydrogen) atoms. The minimum atomic E-state index is -1.22. The molecule has 12 aromatic rings. The van der Waals surface area contributed by atoms with E-state index >= 15 is 0 Å². The van der Waals surface area contributed by atoms with Gasteiger partial charge in [-0.05, 0) is 77.1 Å². The van der Waals surface area contributed by atoms with Crippen LogP contribution in [0.15, 0.2) is 211 Å². The van der Waals surface area contributed by atoms with Crippen LogP contribution in [-0.2, 0) is 0 Å². The second kappa shape index (κ2) is 12.5. The number of rotatable bonds is 5. The van der Waals surface area contributed by atoms with Gasteiger partial charge in [-0.15, -0.1) is 0 Å². The van der Waals surface area contributed by atoms with Gasteiger partial charge in [-0.2, -0.15) is 0 Å². The molecule has 9 aromatic carbocycles. The lowest BCUT2D eigenvalue weighted by atomic mass is 9.97. The third-order valence-electron chi connectivity index (χ3n) is 9.40. The monoisotopic (exact) mass is 761 g/mol. The van der Waals surface area contributed by atoms with Gasteiger partial charge in [-0.3, -0.25) is 0 Å². The van der Waals surface area contributed by atoms with Crippen molar-refractivity contribution in [1.29, 1.82) is 0 Å². The minimum absolute atomic E-state index is 0.629. The fraction of sp³-hybridized carbons (Fsp3) is 0. The Morgan fingerprint density at radius 1 is 0.298 bits per heavy atom. The number of nitrogens with zero attached hydrogens (tertiary/aromatic N) is 3. The summed E-state index contributed by atoms with van der Waals surface area (Å²) in [4.78, 5) is 0. The molecule has 0 amide bonds. The van der Waals surface area contributed by atoms with E-state index < -0.39 is 316 Å². The largest absolute Gasteiger partial charge is 0.309 e. The average molecular weight is 761 g/mol. The number of hydrogen-bond donors (Lipinski definition) is 0. The van der Waals surface area contributed by atoms with Gasteiger partial charge in [0.25, 0.3) is 0 Å². The summed E-state index contributed by atoms with van der Waals surface area (Å²) in [5.74, 6) is 0. The molecule has 0 unspecified atom stereocenters. The maximum Gasteiger partial charge on any atom is 0.0651 e. The topological polar surface area (TPSA) is 14.8 Å². The number of hydrogen-bond acceptors (Lipinski definition) is 0. The SMILES string of the molecule is [2H]c1c([2H])c([2H])c(-c2c([2H])c([2H])c([2H])c(-n3c4c([2H])c([2H])c([2H])c([2H])c4c4c([2H])c([2H])c5c(c6c([2H])c([2H])c([2H])c([2H])c6n5-c5c([2H])c([2H])c([2H])c([2H])c5-c5c([2H])c([2H])c([2H])c6c5c5c([2H])c([2H])c([2H])c([2H])c5n6-c5c([2H])c([2H])c([2H])c([2H])c5[2H])c43)c2[2H])c([2H])c1[2H]. The van der Waals surface area contributed by atoms with Gasteiger partial charge in [0.1, 0.15) is 0 Å². The first-order valence-electron chi connectivity index (χ1n) is 34.3. The molecule has 12 rings (SSSR count). The first kappa shape index (κ1) is 12.7. The van der Waals surface area contributed by atoms with E-state index in [1.54, 1.807) is 0 Å². The fourth-order valence-electron chi connectivity index (χ4n) is 7.21. The maximum atomic E-state index is 10.1. The second-order valence-corrected chi connectivity index (χ2v) is 12.3. The molecule has 3 nitrogen and oxygen atoms in total. The smallest absolute Gasteiger partial charge is 0.0651 e. The fourth-order valence-corrected chi connectivity index (χ4v) is 7.21. The van der Waals surface area contributed by atoms with E-state index in [-0.39, 0.29) is 0 Å². The van der Waals surface area contributed by atoms with E-state index in [1.807, 2.05) is 0 Å². The van der Waals surface area contributed by atoms with Crippen molar-refractivity contribution in [2.45, 2.75) is 0 Å². The van der Waals surface area contributed by atoms with E-state index in [4.69, 9.17) is 23.3 Å². The highest BCUT2D eigenvalue weighted by atomic mass is 15.0. The molecule has 266 valence electrons. The van der Waals surface area contributed by atoms with Crippen molar-refractivity contribution in [2.75, 3.05) is 0 Å². The van der Waals surface area contributed by atoms with Crippen LogP contribution in [0.3, 0.4) is 0 Å². The number of aromatic nitrogens is 3. The van der Waals surface area contributed by atoms with Crippen LogP contribution in [0.5, 0.6) is 0 Å². The van der Waals surface area contributed by atoms with Crippen LogP contribution in [0.2, 0.25) is 0 Å². The highest BCUT2D eigenvalue weighted by Crippen LogP contribution is 2.45. The van der Waals surface area contributed by atoms with E-state index in [9.17, 15) is 24.7 Å². The zero-order chi connectivity index (χ0) is 67.9. The highest BCUT2D eigenvalue weighted by molar-refractivity contribution is 6.26. The molecular formula is C54H35N3. The lowest BCUT2D eigenvalue weighted by Gasteiger charge is -2.15. The second-order valence-electron chi connectivity index (χ2n) is 12.3. The Balaban J connectivity index is 1.41. The number of benzene rings is 9. The molecule has 0 N–H and O–H groups in total. The molecule has 0 aliphatic heterocycles. The summed E-state index contributed by atoms with van der Waals surface area (Å²) in [5.41, 5.74) is -11.5. The predicted octanol–water partition coefficient (Wildman–Crippen LogP) is 14.3. The lowest BCUT2D eigenvalue weighted by Crippen LogP contribution is -1.98. The Bertz CT molecular complexity index is 5520. The molecule has 0 radical (unpaired) electrons. The molecule has 0 bridgehead atoms. The van der Waals surface area contributed by atoms with Crippen LogP contribution in [0.4, 0.5) is 0 Å². The van der Waals surface area contributed by atoms with Crippen LogP contribution in [-0.4, -0.2) is 13.7 Å². The normalized spacial score (nSPS) is 20.5. The van der Waals surface area contributed by atoms with Crippen molar-refractivity contribution in [1.82, 2.24) is 13.7 Å². The van der Waals surface area contributed by atoms with Gasteiger partial charge < -0.3 is 13.7 Å². The molecule has 3 heterocycles. The van der Waals surface area contributed by atoms with Crippen LogP contribution >= 0.6 is 0 Å². The summed E-state index contributed by atoms with van der Waals surface area (Å²) >= 11 is 0. The van der Waals surface area contributed by atoms with Gasteiger partial charge in [-0.1, -0.05) is 151 Å². The average Bonchev–Trinajstić information content (AvgIpc) is 1.50. The molecule has 0 aliphatic rings. The van der Waals surface area contributed by atoms with Crippen LogP contribution in [0.25, 0.3) is 105 Å². The zero-order valence-corrected chi connectivity index (χ0v) is 28.3. The standard InChI is InChI=1S/C54H35N3/c1-3-17-36(18-4-1)37-19-15-22-39(35-37)56-46-28-11-8-24-41(46)43-33-34-51-53(54(43)56)45-26-10-14-31-49(45)57(51)47-29-12-7-23-40(47)42-27-16-32-50-52(42)44-25-9-13-30-48(44)55(50)38-20-5-2-6-21-38/h1-35H/i1D,2D,3D,4D,5D,6D,7D,8D,9D,10D,11D,12D,13D,14D,15D,16D,17D,18D,19D,20D,21D,22D,23D,24D,25D,26D,27D,28D,29D,30D,31D,32D,33D,34D,35D. The van der Waals surface area contributed by atoms with Crippen molar-refractivity contribution in [3.63, 3.8) is 0 Å². The maximum absolute atomic E-state index is 10.1. The lowest BCUT2D eigenvalue weighted by molar-refractivity contribution is 1.17. The third-order valence-corrected chi connectivity index (χ3v) is 9.40. The Morgan fingerprint density at radius 3 is 1.61 bits per heavy atom. The van der Waals surface area contributed by atoms with E-state index in [0.29, 0.717) is 13.7 Å². The van der Waals surface area contributed by atoms with Crippen molar-refractivity contribution in [3.05, 3.63) is 211 Å². The Hall–Kier alpha value is -7.62. The molecular weight excluding hydrogens is 691 g/mol. The van der Waals surface area contributed by atoms with Gasteiger partial charge in [0.15, 0.2) is 0 Å². The van der Waals surface area contributed by atoms with E-state index in [0.717, 1.165) is 0 Å². The summed E-state index contributed by atoms with van der Waals surface area (Å²) < 4.78 is 324. The minimum Gasteiger partial charge on any atom is -0.309 e. The van der Waals surface area contributed by atoms with Crippen molar-refractivity contribution < 1.29 is 48.0 Å². The number of fused-ring (bicyclic) bond motifs is 10. The summed E-state index contributed by atoms with van der Waals surface area (Å²) in [6.45, 7) is 0. The van der Waals surface area contributed by atoms with E-state index in [2.05, 4.69) is 0 Å². The Labute approximate surface area is 378 Å². The van der Waals surface area contributed by atoms with E-state index in [1.165, 1.54) is 0 Å². The molecule has 3 heteroatoms. The zero-order valence-electron chi connectivity index (χ0n) is 63.3. The van der Waals surface area contributed by atoms with Crippen LogP contribution < -0.4 is 0 Å². The predicted molar refractivity (Wildman–Crippen MR) is 240 cm³/mol. The number of para-hydroxylation sites is 5. The third kappa shape index (κ3) is 4.66. The Morgan fingerprint density at radius 2 is 0.825 bits per heavy atom. The van der Waals surface area contributed by atoms with Crippen LogP contribution in [0, 0.1) is 0 Å². The summed E-state index contributed by atoms with van der Waals surface area (Å²) in [6, 6.07) is -37.0. The molecule has 0 saturated carbocycles. The molecule has 3 aromatic heterocycles. The molecule has 0 fully saturated rings. The van der Waals surface area contributed by atoms with Crippen molar-refractivity contribution in [2.24, 2.45) is 0 Å². The summed E-state index contributed by atoms with van der Waals surface area (Å²) in [7, 11) is 0. The molecule has 0 aliphatic carbocycles.